The first kappa shape index (κ1) is 24.0. The van der Waals surface area contributed by atoms with E-state index in [1.807, 2.05) is 43.3 Å². The van der Waals surface area contributed by atoms with Gasteiger partial charge >= 0.3 is 0 Å². The number of aliphatic hydroxyl groups is 1. The number of ether oxygens (including phenoxy) is 2. The summed E-state index contributed by atoms with van der Waals surface area (Å²) >= 11 is 0. The Kier molecular flexibility index (Phi) is 7.98. The van der Waals surface area contributed by atoms with Crippen LogP contribution in [-0.4, -0.2) is 72.6 Å². The maximum absolute atomic E-state index is 13.2. The fourth-order valence-corrected chi connectivity index (χ4v) is 4.49. The Morgan fingerprint density at radius 2 is 1.82 bits per heavy atom. The fourth-order valence-electron chi connectivity index (χ4n) is 4.49. The van der Waals surface area contributed by atoms with Gasteiger partial charge in [-0.05, 0) is 30.5 Å². The number of carbonyl (C=O) groups excluding carboxylic acids is 2. The lowest BCUT2D eigenvalue weighted by Crippen LogP contribution is -2.38. The zero-order valence-corrected chi connectivity index (χ0v) is 19.6. The van der Waals surface area contributed by atoms with Crippen molar-refractivity contribution in [1.29, 1.82) is 0 Å². The van der Waals surface area contributed by atoms with E-state index in [1.165, 1.54) is 0 Å². The smallest absolute Gasteiger partial charge is 0.295 e. The Hall–Kier alpha value is -3.16. The molecule has 0 radical (unpaired) electrons. The average Bonchev–Trinajstić information content (AvgIpc) is 3.13. The highest BCUT2D eigenvalue weighted by Crippen LogP contribution is 2.39. The fraction of sp³-hybridized carbons (Fsp3) is 0.407. The Morgan fingerprint density at radius 3 is 2.56 bits per heavy atom. The van der Waals surface area contributed by atoms with Crippen LogP contribution in [0.2, 0.25) is 0 Å². The lowest BCUT2D eigenvalue weighted by Gasteiger charge is -2.29. The van der Waals surface area contributed by atoms with Crippen molar-refractivity contribution in [3.05, 3.63) is 71.3 Å². The number of likely N-dealkylation sites (tertiary alicyclic amines) is 1. The lowest BCUT2D eigenvalue weighted by atomic mass is 9.95. The minimum absolute atomic E-state index is 0.121. The summed E-state index contributed by atoms with van der Waals surface area (Å²) in [5.41, 5.74) is 1.38. The normalized spacial score (nSPS) is 20.6. The molecule has 0 bridgehead atoms. The Bertz CT molecular complexity index is 1030. The van der Waals surface area contributed by atoms with E-state index in [-0.39, 0.29) is 11.3 Å². The summed E-state index contributed by atoms with van der Waals surface area (Å²) in [7, 11) is 0. The van der Waals surface area contributed by atoms with Crippen LogP contribution in [0.25, 0.3) is 5.76 Å². The number of nitrogens with zero attached hydrogens (tertiary/aromatic N) is 2. The first-order chi connectivity index (χ1) is 16.6. The number of carbonyl (C=O) groups is 2. The zero-order valence-electron chi connectivity index (χ0n) is 19.6. The van der Waals surface area contributed by atoms with Gasteiger partial charge in [0.15, 0.2) is 0 Å². The van der Waals surface area contributed by atoms with Crippen LogP contribution in [0, 0.1) is 0 Å². The molecule has 34 heavy (non-hydrogen) atoms. The van der Waals surface area contributed by atoms with Gasteiger partial charge in [-0.2, -0.15) is 0 Å². The molecule has 1 unspecified atom stereocenters. The molecular formula is C27H32N2O5. The highest BCUT2D eigenvalue weighted by Gasteiger charge is 2.45. The van der Waals surface area contributed by atoms with Gasteiger partial charge in [-0.25, -0.2) is 0 Å². The van der Waals surface area contributed by atoms with Crippen molar-refractivity contribution >= 4 is 17.4 Å². The standard InChI is InChI=1S/C27H32N2O5/c1-2-16-34-22-11-6-10-21(19-22)25(30)23-24(20-8-4-3-5-9-20)29(27(32)26(23)31)13-7-12-28-14-17-33-18-15-28/h3-6,8-11,19,24,30H,2,7,12-18H2,1H3. The molecule has 1 atom stereocenters. The maximum Gasteiger partial charge on any atom is 0.295 e. The molecule has 2 saturated heterocycles. The number of hydrogen-bond donors (Lipinski definition) is 1. The van der Waals surface area contributed by atoms with Crippen LogP contribution < -0.4 is 4.74 Å². The summed E-state index contributed by atoms with van der Waals surface area (Å²) in [6.07, 6.45) is 1.59. The number of rotatable bonds is 9. The number of Topliss-reactive ketones (excluding diaryl/α,β-unsaturated/α-hetero) is 1. The van der Waals surface area contributed by atoms with Gasteiger partial charge in [0.05, 0.1) is 31.4 Å². The molecule has 0 spiro atoms. The van der Waals surface area contributed by atoms with E-state index in [1.54, 1.807) is 23.1 Å². The largest absolute Gasteiger partial charge is 0.507 e. The van der Waals surface area contributed by atoms with Gasteiger partial charge in [-0.15, -0.1) is 0 Å². The molecule has 1 amide bonds. The van der Waals surface area contributed by atoms with Gasteiger partial charge in [-0.3, -0.25) is 14.5 Å². The molecule has 7 heteroatoms. The van der Waals surface area contributed by atoms with Crippen LogP contribution in [0.15, 0.2) is 60.2 Å². The molecular weight excluding hydrogens is 432 g/mol. The third-order valence-electron chi connectivity index (χ3n) is 6.21. The van der Waals surface area contributed by atoms with E-state index in [9.17, 15) is 14.7 Å². The van der Waals surface area contributed by atoms with Crippen molar-refractivity contribution in [3.63, 3.8) is 0 Å². The van der Waals surface area contributed by atoms with Gasteiger partial charge in [0.2, 0.25) is 0 Å². The predicted octanol–water partition coefficient (Wildman–Crippen LogP) is 3.62. The molecule has 7 nitrogen and oxygen atoms in total. The molecule has 2 aliphatic heterocycles. The monoisotopic (exact) mass is 464 g/mol. The van der Waals surface area contributed by atoms with E-state index < -0.39 is 17.7 Å². The number of hydrogen-bond acceptors (Lipinski definition) is 6. The number of ketones is 1. The van der Waals surface area contributed by atoms with E-state index in [0.717, 1.165) is 51.3 Å². The van der Waals surface area contributed by atoms with Crippen molar-refractivity contribution in [3.8, 4) is 5.75 Å². The number of morpholine rings is 1. The van der Waals surface area contributed by atoms with Crippen LogP contribution in [0.5, 0.6) is 5.75 Å². The van der Waals surface area contributed by atoms with Crippen molar-refractivity contribution in [2.24, 2.45) is 0 Å². The minimum atomic E-state index is -0.655. The molecule has 2 aromatic rings. The van der Waals surface area contributed by atoms with E-state index >= 15 is 0 Å². The first-order valence-corrected chi connectivity index (χ1v) is 12.0. The number of benzene rings is 2. The summed E-state index contributed by atoms with van der Waals surface area (Å²) in [5.74, 6) is -0.792. The van der Waals surface area contributed by atoms with Crippen molar-refractivity contribution < 1.29 is 24.2 Å². The molecule has 1 N–H and O–H groups in total. The van der Waals surface area contributed by atoms with Crippen LogP contribution in [-0.2, 0) is 14.3 Å². The second-order valence-electron chi connectivity index (χ2n) is 8.59. The highest BCUT2D eigenvalue weighted by atomic mass is 16.5. The Morgan fingerprint density at radius 1 is 1.06 bits per heavy atom. The van der Waals surface area contributed by atoms with Crippen molar-refractivity contribution in [1.82, 2.24) is 9.80 Å². The van der Waals surface area contributed by atoms with Gasteiger partial charge in [0, 0.05) is 31.7 Å². The summed E-state index contributed by atoms with van der Waals surface area (Å²) < 4.78 is 11.1. The van der Waals surface area contributed by atoms with E-state index in [2.05, 4.69) is 4.90 Å². The van der Waals surface area contributed by atoms with Gasteiger partial charge in [0.25, 0.3) is 11.7 Å². The van der Waals surface area contributed by atoms with Crippen LogP contribution >= 0.6 is 0 Å². The van der Waals surface area contributed by atoms with Crippen LogP contribution in [0.3, 0.4) is 0 Å². The molecule has 0 aliphatic carbocycles. The van der Waals surface area contributed by atoms with Gasteiger partial charge in [-0.1, -0.05) is 49.4 Å². The number of aliphatic hydroxyl groups excluding tert-OH is 1. The SMILES string of the molecule is CCCOc1cccc(C(O)=C2C(=O)C(=O)N(CCCN3CCOCC3)C2c2ccccc2)c1. The molecule has 2 heterocycles. The summed E-state index contributed by atoms with van der Waals surface area (Å²) in [6.45, 7) is 7.01. The summed E-state index contributed by atoms with van der Waals surface area (Å²) in [4.78, 5) is 30.2. The summed E-state index contributed by atoms with van der Waals surface area (Å²) in [6, 6.07) is 15.8. The van der Waals surface area contributed by atoms with Crippen molar-refractivity contribution in [2.45, 2.75) is 25.8 Å². The second-order valence-corrected chi connectivity index (χ2v) is 8.59. The van der Waals surface area contributed by atoms with Crippen LogP contribution in [0.4, 0.5) is 0 Å². The third kappa shape index (κ3) is 5.32. The van der Waals surface area contributed by atoms with Crippen LogP contribution in [0.1, 0.15) is 36.9 Å². The maximum atomic E-state index is 13.2. The Labute approximate surface area is 200 Å². The quantitative estimate of drug-likeness (QED) is 0.347. The third-order valence-corrected chi connectivity index (χ3v) is 6.21. The Balaban J connectivity index is 1.64. The molecule has 4 rings (SSSR count). The molecule has 2 aromatic carbocycles. The predicted molar refractivity (Wildman–Crippen MR) is 130 cm³/mol. The second kappa shape index (κ2) is 11.3. The molecule has 0 aromatic heterocycles. The lowest BCUT2D eigenvalue weighted by molar-refractivity contribution is -0.140. The topological polar surface area (TPSA) is 79.3 Å². The first-order valence-electron chi connectivity index (χ1n) is 12.0. The van der Waals surface area contributed by atoms with E-state index in [4.69, 9.17) is 9.47 Å². The minimum Gasteiger partial charge on any atom is -0.507 e. The summed E-state index contributed by atoms with van der Waals surface area (Å²) in [5, 5.41) is 11.2. The molecule has 2 aliphatic rings. The average molecular weight is 465 g/mol. The zero-order chi connectivity index (χ0) is 23.9. The van der Waals surface area contributed by atoms with E-state index in [0.29, 0.717) is 24.5 Å². The molecule has 0 saturated carbocycles. The van der Waals surface area contributed by atoms with Crippen molar-refractivity contribution in [2.75, 3.05) is 46.0 Å². The molecule has 2 fully saturated rings. The van der Waals surface area contributed by atoms with Gasteiger partial charge < -0.3 is 19.5 Å². The number of amides is 1. The highest BCUT2D eigenvalue weighted by molar-refractivity contribution is 6.46. The van der Waals surface area contributed by atoms with Gasteiger partial charge in [0.1, 0.15) is 11.5 Å². The molecule has 180 valence electrons.